The van der Waals surface area contributed by atoms with Crippen molar-refractivity contribution in [3.05, 3.63) is 12.4 Å². The van der Waals surface area contributed by atoms with Crippen molar-refractivity contribution < 1.29 is 9.53 Å². The maximum atomic E-state index is 12.9. The summed E-state index contributed by atoms with van der Waals surface area (Å²) >= 11 is 0. The molecule has 25 heavy (non-hydrogen) atoms. The second kappa shape index (κ2) is 7.77. The molecule has 1 unspecified atom stereocenters. The number of hydrogen-bond acceptors (Lipinski definition) is 3. The van der Waals surface area contributed by atoms with Crippen LogP contribution in [0.4, 0.5) is 10.5 Å². The number of rotatable bonds is 6. The summed E-state index contributed by atoms with van der Waals surface area (Å²) in [5.41, 5.74) is 0.791. The predicted molar refractivity (Wildman–Crippen MR) is 96.5 cm³/mol. The molecule has 0 radical (unpaired) electrons. The van der Waals surface area contributed by atoms with E-state index in [1.165, 1.54) is 32.1 Å². The van der Waals surface area contributed by atoms with E-state index in [1.807, 2.05) is 10.9 Å². The number of urea groups is 1. The van der Waals surface area contributed by atoms with Crippen LogP contribution in [0.15, 0.2) is 12.4 Å². The van der Waals surface area contributed by atoms with E-state index < -0.39 is 0 Å². The van der Waals surface area contributed by atoms with Crippen LogP contribution in [0.1, 0.15) is 57.8 Å². The minimum Gasteiger partial charge on any atom is -0.376 e. The normalized spacial score (nSPS) is 24.4. The lowest BCUT2D eigenvalue weighted by molar-refractivity contribution is 0.0940. The fourth-order valence-electron chi connectivity index (χ4n) is 4.09. The fourth-order valence-corrected chi connectivity index (χ4v) is 4.09. The van der Waals surface area contributed by atoms with E-state index in [0.29, 0.717) is 6.04 Å². The van der Waals surface area contributed by atoms with E-state index >= 15 is 0 Å². The zero-order valence-corrected chi connectivity index (χ0v) is 15.0. The summed E-state index contributed by atoms with van der Waals surface area (Å²) < 4.78 is 7.55. The third kappa shape index (κ3) is 4.54. The Balaban J connectivity index is 1.35. The van der Waals surface area contributed by atoms with Gasteiger partial charge in [0.1, 0.15) is 0 Å². The van der Waals surface area contributed by atoms with Crippen molar-refractivity contribution in [1.29, 1.82) is 0 Å². The molecule has 1 saturated heterocycles. The number of anilines is 1. The van der Waals surface area contributed by atoms with Crippen molar-refractivity contribution in [2.45, 2.75) is 76.5 Å². The molecule has 2 amide bonds. The van der Waals surface area contributed by atoms with Gasteiger partial charge >= 0.3 is 6.03 Å². The number of nitrogens with zero attached hydrogens (tertiary/aromatic N) is 3. The lowest BCUT2D eigenvalue weighted by Crippen LogP contribution is -2.45. The van der Waals surface area contributed by atoms with Crippen molar-refractivity contribution in [2.75, 3.05) is 18.5 Å². The third-order valence-corrected chi connectivity index (χ3v) is 5.73. The first-order valence-corrected chi connectivity index (χ1v) is 9.99. The van der Waals surface area contributed by atoms with Gasteiger partial charge in [0, 0.05) is 25.4 Å². The maximum absolute atomic E-state index is 12.9. The van der Waals surface area contributed by atoms with Gasteiger partial charge in [-0.1, -0.05) is 19.3 Å². The van der Waals surface area contributed by atoms with Crippen molar-refractivity contribution in [1.82, 2.24) is 14.7 Å². The molecule has 1 aromatic heterocycles. The first kappa shape index (κ1) is 16.9. The van der Waals surface area contributed by atoms with Crippen LogP contribution in [0, 0.1) is 5.92 Å². The topological polar surface area (TPSA) is 59.4 Å². The molecule has 0 bridgehead atoms. The zero-order chi connectivity index (χ0) is 17.1. The van der Waals surface area contributed by atoms with Crippen molar-refractivity contribution in [3.63, 3.8) is 0 Å². The minimum absolute atomic E-state index is 0.0514. The Kier molecular flexibility index (Phi) is 5.25. The number of amides is 2. The van der Waals surface area contributed by atoms with Crippen molar-refractivity contribution in [3.8, 4) is 0 Å². The Morgan fingerprint density at radius 3 is 2.76 bits per heavy atom. The highest BCUT2D eigenvalue weighted by Crippen LogP contribution is 2.33. The van der Waals surface area contributed by atoms with E-state index in [4.69, 9.17) is 4.74 Å². The standard InChI is InChI=1S/C19H30N4O2/c24-19(23(12-15-8-9-15)17-5-2-1-3-6-17)21-16-11-20-22(13-16)14-18-7-4-10-25-18/h11,13,15,17-18H,1-10,12,14H2,(H,21,24). The Morgan fingerprint density at radius 1 is 1.20 bits per heavy atom. The molecule has 3 fully saturated rings. The van der Waals surface area contributed by atoms with Gasteiger partial charge in [0.2, 0.25) is 0 Å². The monoisotopic (exact) mass is 346 g/mol. The van der Waals surface area contributed by atoms with Crippen LogP contribution in [-0.4, -0.2) is 46.0 Å². The van der Waals surface area contributed by atoms with E-state index in [0.717, 1.165) is 57.0 Å². The fraction of sp³-hybridized carbons (Fsp3) is 0.789. The molecular formula is C19H30N4O2. The maximum Gasteiger partial charge on any atom is 0.322 e. The van der Waals surface area contributed by atoms with E-state index in [-0.39, 0.29) is 12.1 Å². The largest absolute Gasteiger partial charge is 0.376 e. The number of carbonyl (C=O) groups is 1. The van der Waals surface area contributed by atoms with Gasteiger partial charge in [0.15, 0.2) is 0 Å². The van der Waals surface area contributed by atoms with Gasteiger partial charge in [-0.3, -0.25) is 4.68 Å². The highest BCUT2D eigenvalue weighted by atomic mass is 16.5. The molecule has 2 heterocycles. The lowest BCUT2D eigenvalue weighted by Gasteiger charge is -2.34. The Hall–Kier alpha value is -1.56. The van der Waals surface area contributed by atoms with Gasteiger partial charge < -0.3 is 15.0 Å². The molecule has 1 N–H and O–H groups in total. The number of ether oxygens (including phenoxy) is 1. The minimum atomic E-state index is 0.0514. The Bertz CT molecular complexity index is 572. The van der Waals surface area contributed by atoms with Crippen LogP contribution in [-0.2, 0) is 11.3 Å². The van der Waals surface area contributed by atoms with Crippen molar-refractivity contribution in [2.24, 2.45) is 5.92 Å². The average molecular weight is 346 g/mol. The number of aromatic nitrogens is 2. The summed E-state index contributed by atoms with van der Waals surface area (Å²) in [7, 11) is 0. The third-order valence-electron chi connectivity index (χ3n) is 5.73. The lowest BCUT2D eigenvalue weighted by atomic mass is 9.94. The van der Waals surface area contributed by atoms with Gasteiger partial charge in [0.05, 0.1) is 24.5 Å². The Morgan fingerprint density at radius 2 is 2.04 bits per heavy atom. The molecule has 138 valence electrons. The molecule has 3 aliphatic rings. The second-order valence-electron chi connectivity index (χ2n) is 7.90. The van der Waals surface area contributed by atoms with Crippen LogP contribution in [0.25, 0.3) is 0 Å². The summed E-state index contributed by atoms with van der Waals surface area (Å²) in [4.78, 5) is 15.0. The Labute approximate surface area is 149 Å². The number of hydrogen-bond donors (Lipinski definition) is 1. The first-order valence-electron chi connectivity index (χ1n) is 9.99. The van der Waals surface area contributed by atoms with Crippen LogP contribution in [0.2, 0.25) is 0 Å². The van der Waals surface area contributed by atoms with Gasteiger partial charge in [0.25, 0.3) is 0 Å². The van der Waals surface area contributed by atoms with Gasteiger partial charge in [-0.2, -0.15) is 5.10 Å². The summed E-state index contributed by atoms with van der Waals surface area (Å²) in [6.45, 7) is 2.54. The SMILES string of the molecule is O=C(Nc1cnn(CC2CCCO2)c1)N(CC1CC1)C1CCCCC1. The van der Waals surface area contributed by atoms with Gasteiger partial charge in [-0.15, -0.1) is 0 Å². The molecule has 0 spiro atoms. The smallest absolute Gasteiger partial charge is 0.322 e. The van der Waals surface area contributed by atoms with Crippen molar-refractivity contribution >= 4 is 11.7 Å². The molecule has 2 saturated carbocycles. The summed E-state index contributed by atoms with van der Waals surface area (Å²) in [6, 6.07) is 0.465. The molecule has 4 rings (SSSR count). The second-order valence-corrected chi connectivity index (χ2v) is 7.90. The van der Waals surface area contributed by atoms with Gasteiger partial charge in [-0.25, -0.2) is 4.79 Å². The predicted octanol–water partition coefficient (Wildman–Crippen LogP) is 3.64. The number of nitrogens with one attached hydrogen (secondary N) is 1. The molecule has 6 nitrogen and oxygen atoms in total. The summed E-state index contributed by atoms with van der Waals surface area (Å²) in [5, 5.41) is 7.46. The van der Waals surface area contributed by atoms with Gasteiger partial charge in [-0.05, 0) is 44.4 Å². The molecule has 6 heteroatoms. The molecule has 2 aliphatic carbocycles. The first-order chi connectivity index (χ1) is 12.3. The molecule has 1 atom stereocenters. The summed E-state index contributed by atoms with van der Waals surface area (Å²) in [5.74, 6) is 0.718. The van der Waals surface area contributed by atoms with E-state index in [1.54, 1.807) is 6.20 Å². The number of carbonyl (C=O) groups excluding carboxylic acids is 1. The molecule has 0 aromatic carbocycles. The molecule has 1 aromatic rings. The molecular weight excluding hydrogens is 316 g/mol. The van der Waals surface area contributed by atoms with E-state index in [9.17, 15) is 4.79 Å². The zero-order valence-electron chi connectivity index (χ0n) is 15.0. The van der Waals surface area contributed by atoms with Crippen LogP contribution in [0.3, 0.4) is 0 Å². The quantitative estimate of drug-likeness (QED) is 0.855. The highest BCUT2D eigenvalue weighted by Gasteiger charge is 2.32. The van der Waals surface area contributed by atoms with Crippen LogP contribution < -0.4 is 5.32 Å². The summed E-state index contributed by atoms with van der Waals surface area (Å²) in [6.07, 6.45) is 14.8. The average Bonchev–Trinajstić information content (AvgIpc) is 3.11. The van der Waals surface area contributed by atoms with E-state index in [2.05, 4.69) is 15.3 Å². The highest BCUT2D eigenvalue weighted by molar-refractivity contribution is 5.89. The van der Waals surface area contributed by atoms with Crippen LogP contribution in [0.5, 0.6) is 0 Å². The van der Waals surface area contributed by atoms with Crippen LogP contribution >= 0.6 is 0 Å². The molecule has 1 aliphatic heterocycles.